The van der Waals surface area contributed by atoms with Gasteiger partial charge in [-0.25, -0.2) is 9.18 Å². The van der Waals surface area contributed by atoms with Gasteiger partial charge >= 0.3 is 6.03 Å². The van der Waals surface area contributed by atoms with Gasteiger partial charge < -0.3 is 20.1 Å². The molecule has 1 heterocycles. The fraction of sp³-hybridized carbons (Fsp3) is 0.435. The number of methoxy groups -OCH3 is 2. The molecule has 0 fully saturated rings. The second-order valence-electron chi connectivity index (χ2n) is 7.37. The smallest absolute Gasteiger partial charge is 0.314 e. The van der Waals surface area contributed by atoms with E-state index in [1.165, 1.54) is 6.07 Å². The fourth-order valence-electron chi connectivity index (χ4n) is 3.84. The standard InChI is InChI=1S/C23H30FN3O3/c1-4-10-25-23(28)26-14-20-18-13-22(30-3)21(29-2)12-16(18)9-11-27(20)15-17-7-5-6-8-19(17)24/h5-8,12-13,20H,4,9-11,14-15H2,1-3H3,(H2,25,26,28)/t20-/m0/s1. The van der Waals surface area contributed by atoms with Gasteiger partial charge in [0.05, 0.1) is 20.3 Å². The van der Waals surface area contributed by atoms with E-state index in [2.05, 4.69) is 15.5 Å². The van der Waals surface area contributed by atoms with E-state index in [0.29, 0.717) is 36.7 Å². The number of carbonyl (C=O) groups is 1. The second kappa shape index (κ2) is 10.3. The van der Waals surface area contributed by atoms with Crippen molar-refractivity contribution in [3.63, 3.8) is 0 Å². The van der Waals surface area contributed by atoms with Crippen molar-refractivity contribution in [2.75, 3.05) is 33.9 Å². The Balaban J connectivity index is 1.89. The van der Waals surface area contributed by atoms with Gasteiger partial charge in [-0.05, 0) is 42.2 Å². The van der Waals surface area contributed by atoms with Crippen LogP contribution in [-0.4, -0.2) is 44.8 Å². The van der Waals surface area contributed by atoms with Crippen molar-refractivity contribution >= 4 is 6.03 Å². The van der Waals surface area contributed by atoms with Crippen LogP contribution >= 0.6 is 0 Å². The highest BCUT2D eigenvalue weighted by atomic mass is 19.1. The van der Waals surface area contributed by atoms with Gasteiger partial charge in [0.1, 0.15) is 5.82 Å². The number of hydrogen-bond donors (Lipinski definition) is 2. The zero-order valence-corrected chi connectivity index (χ0v) is 17.8. The summed E-state index contributed by atoms with van der Waals surface area (Å²) in [5.41, 5.74) is 2.85. The highest BCUT2D eigenvalue weighted by molar-refractivity contribution is 5.73. The van der Waals surface area contributed by atoms with Gasteiger partial charge in [0.15, 0.2) is 11.5 Å². The maximum atomic E-state index is 14.3. The Kier molecular flexibility index (Phi) is 7.52. The molecule has 162 valence electrons. The maximum Gasteiger partial charge on any atom is 0.314 e. The van der Waals surface area contributed by atoms with Gasteiger partial charge in [0, 0.05) is 31.7 Å². The first-order chi connectivity index (χ1) is 14.6. The summed E-state index contributed by atoms with van der Waals surface area (Å²) in [6, 6.07) is 10.5. The minimum absolute atomic E-state index is 0.111. The zero-order chi connectivity index (χ0) is 21.5. The van der Waals surface area contributed by atoms with Gasteiger partial charge in [0.25, 0.3) is 0 Å². The monoisotopic (exact) mass is 415 g/mol. The fourth-order valence-corrected chi connectivity index (χ4v) is 3.84. The minimum Gasteiger partial charge on any atom is -0.493 e. The number of hydrogen-bond acceptors (Lipinski definition) is 4. The van der Waals surface area contributed by atoms with Crippen molar-refractivity contribution in [2.45, 2.75) is 32.4 Å². The molecule has 2 aromatic rings. The Morgan fingerprint density at radius 2 is 1.90 bits per heavy atom. The van der Waals surface area contributed by atoms with Gasteiger partial charge in [-0.3, -0.25) is 4.90 Å². The summed E-state index contributed by atoms with van der Waals surface area (Å²) in [6.07, 6.45) is 1.68. The largest absolute Gasteiger partial charge is 0.493 e. The first-order valence-corrected chi connectivity index (χ1v) is 10.3. The first-order valence-electron chi connectivity index (χ1n) is 10.3. The molecule has 0 unspecified atom stereocenters. The number of rotatable bonds is 8. The van der Waals surface area contributed by atoms with Crippen LogP contribution in [0, 0.1) is 5.82 Å². The third-order valence-electron chi connectivity index (χ3n) is 5.44. The van der Waals surface area contributed by atoms with E-state index in [4.69, 9.17) is 9.47 Å². The van der Waals surface area contributed by atoms with Gasteiger partial charge in [-0.15, -0.1) is 0 Å². The number of urea groups is 1. The molecule has 2 aromatic carbocycles. The van der Waals surface area contributed by atoms with Crippen LogP contribution in [0.15, 0.2) is 36.4 Å². The van der Waals surface area contributed by atoms with E-state index >= 15 is 0 Å². The van der Waals surface area contributed by atoms with Crippen LogP contribution in [0.3, 0.4) is 0 Å². The lowest BCUT2D eigenvalue weighted by Crippen LogP contribution is -2.44. The molecular weight excluding hydrogens is 385 g/mol. The van der Waals surface area contributed by atoms with Gasteiger partial charge in [-0.1, -0.05) is 25.1 Å². The lowest BCUT2D eigenvalue weighted by atomic mass is 9.91. The SMILES string of the molecule is CCCNC(=O)NC[C@H]1c2cc(OC)c(OC)cc2CCN1Cc1ccccc1F. The van der Waals surface area contributed by atoms with Crippen LogP contribution in [0.25, 0.3) is 0 Å². The molecule has 7 heteroatoms. The van der Waals surface area contributed by atoms with Crippen molar-refractivity contribution in [2.24, 2.45) is 0 Å². The number of ether oxygens (including phenoxy) is 2. The number of nitrogens with one attached hydrogen (secondary N) is 2. The highest BCUT2D eigenvalue weighted by Gasteiger charge is 2.30. The van der Waals surface area contributed by atoms with E-state index in [0.717, 1.165) is 30.5 Å². The number of amides is 2. The maximum absolute atomic E-state index is 14.3. The Morgan fingerprint density at radius 1 is 1.17 bits per heavy atom. The van der Waals surface area contributed by atoms with Crippen LogP contribution in [0.4, 0.5) is 9.18 Å². The Morgan fingerprint density at radius 3 is 2.60 bits per heavy atom. The van der Waals surface area contributed by atoms with E-state index < -0.39 is 0 Å². The van der Waals surface area contributed by atoms with Crippen LogP contribution < -0.4 is 20.1 Å². The Labute approximate surface area is 177 Å². The molecule has 1 atom stereocenters. The lowest BCUT2D eigenvalue weighted by Gasteiger charge is -2.38. The minimum atomic E-state index is -0.219. The summed E-state index contributed by atoms with van der Waals surface area (Å²) >= 11 is 0. The molecule has 0 saturated heterocycles. The molecule has 3 rings (SSSR count). The topological polar surface area (TPSA) is 62.8 Å². The number of halogens is 1. The third kappa shape index (κ3) is 5.02. The molecule has 0 spiro atoms. The number of benzene rings is 2. The predicted molar refractivity (Wildman–Crippen MR) is 114 cm³/mol. The van der Waals surface area contributed by atoms with Crippen molar-refractivity contribution in [1.29, 1.82) is 0 Å². The predicted octanol–water partition coefficient (Wildman–Crippen LogP) is 3.65. The Hall–Kier alpha value is -2.80. The van der Waals surface area contributed by atoms with Crippen molar-refractivity contribution < 1.29 is 18.7 Å². The number of carbonyl (C=O) groups excluding carboxylic acids is 1. The average molecular weight is 416 g/mol. The second-order valence-corrected chi connectivity index (χ2v) is 7.37. The van der Waals surface area contributed by atoms with Crippen molar-refractivity contribution in [1.82, 2.24) is 15.5 Å². The van der Waals surface area contributed by atoms with Crippen LogP contribution in [0.1, 0.15) is 36.1 Å². The lowest BCUT2D eigenvalue weighted by molar-refractivity contribution is 0.169. The molecule has 0 bridgehead atoms. The average Bonchev–Trinajstić information content (AvgIpc) is 2.77. The molecule has 30 heavy (non-hydrogen) atoms. The normalized spacial score (nSPS) is 15.9. The molecule has 1 aliphatic heterocycles. The number of fused-ring (bicyclic) bond motifs is 1. The first kappa shape index (κ1) is 21.9. The van der Waals surface area contributed by atoms with Crippen LogP contribution in [0.5, 0.6) is 11.5 Å². The summed E-state index contributed by atoms with van der Waals surface area (Å²) < 4.78 is 25.2. The molecular formula is C23H30FN3O3. The molecule has 0 saturated carbocycles. The van der Waals surface area contributed by atoms with Crippen molar-refractivity contribution in [3.05, 3.63) is 58.9 Å². The van der Waals surface area contributed by atoms with Crippen LogP contribution in [0.2, 0.25) is 0 Å². The van der Waals surface area contributed by atoms with E-state index in [1.54, 1.807) is 26.4 Å². The van der Waals surface area contributed by atoms with E-state index in [9.17, 15) is 9.18 Å². The summed E-state index contributed by atoms with van der Waals surface area (Å²) in [6.45, 7) is 4.25. The van der Waals surface area contributed by atoms with E-state index in [-0.39, 0.29) is 17.9 Å². The molecule has 0 aromatic heterocycles. The van der Waals surface area contributed by atoms with Crippen LogP contribution in [-0.2, 0) is 13.0 Å². The summed E-state index contributed by atoms with van der Waals surface area (Å²) in [5.74, 6) is 1.11. The molecule has 0 radical (unpaired) electrons. The molecule has 0 aliphatic carbocycles. The zero-order valence-electron chi connectivity index (χ0n) is 17.8. The molecule has 1 aliphatic rings. The summed E-state index contributed by atoms with van der Waals surface area (Å²) in [4.78, 5) is 14.4. The third-order valence-corrected chi connectivity index (χ3v) is 5.44. The highest BCUT2D eigenvalue weighted by Crippen LogP contribution is 2.38. The summed E-state index contributed by atoms with van der Waals surface area (Å²) in [5, 5.41) is 5.80. The molecule has 2 amide bonds. The molecule has 2 N–H and O–H groups in total. The molecule has 6 nitrogen and oxygen atoms in total. The number of nitrogens with zero attached hydrogens (tertiary/aromatic N) is 1. The van der Waals surface area contributed by atoms with Gasteiger partial charge in [0.2, 0.25) is 0 Å². The van der Waals surface area contributed by atoms with Crippen molar-refractivity contribution in [3.8, 4) is 11.5 Å². The van der Waals surface area contributed by atoms with E-state index in [1.807, 2.05) is 25.1 Å². The quantitative estimate of drug-likeness (QED) is 0.691. The summed E-state index contributed by atoms with van der Waals surface area (Å²) in [7, 11) is 3.23. The Bertz CT molecular complexity index is 875. The van der Waals surface area contributed by atoms with Gasteiger partial charge in [-0.2, -0.15) is 0 Å².